The van der Waals surface area contributed by atoms with Crippen molar-refractivity contribution in [2.24, 2.45) is 0 Å². The van der Waals surface area contributed by atoms with E-state index in [1.807, 2.05) is 0 Å². The number of aromatic nitrogens is 1. The fraction of sp³-hybridized carbons (Fsp3) is 0.455. The average molecular weight is 237 g/mol. The molecular weight excluding hydrogens is 222 g/mol. The molecule has 6 nitrogen and oxygen atoms in total. The van der Waals surface area contributed by atoms with E-state index in [-0.39, 0.29) is 18.1 Å². The van der Waals surface area contributed by atoms with E-state index in [1.165, 1.54) is 17.7 Å². The highest BCUT2D eigenvalue weighted by Crippen LogP contribution is 2.18. The van der Waals surface area contributed by atoms with Crippen LogP contribution in [0.3, 0.4) is 0 Å². The van der Waals surface area contributed by atoms with Gasteiger partial charge in [0.2, 0.25) is 5.91 Å². The second-order valence-electron chi connectivity index (χ2n) is 4.12. The zero-order valence-electron chi connectivity index (χ0n) is 9.60. The van der Waals surface area contributed by atoms with Gasteiger partial charge in [0, 0.05) is 12.2 Å². The average Bonchev–Trinajstić information content (AvgIpc) is 3.00. The summed E-state index contributed by atoms with van der Waals surface area (Å²) in [6.07, 6.45) is 3.62. The van der Waals surface area contributed by atoms with E-state index in [9.17, 15) is 9.59 Å². The number of rotatable bonds is 4. The minimum atomic E-state index is -0.499. The van der Waals surface area contributed by atoms with Gasteiger partial charge in [-0.15, -0.1) is 0 Å². The molecule has 3 N–H and O–H groups in total. The molecule has 6 heteroatoms. The highest BCUT2D eigenvalue weighted by molar-refractivity contribution is 5.89. The molecule has 1 saturated carbocycles. The Bertz CT molecular complexity index is 449. The predicted molar refractivity (Wildman–Crippen MR) is 61.3 cm³/mol. The lowest BCUT2D eigenvalue weighted by molar-refractivity contribution is -0.121. The van der Waals surface area contributed by atoms with Crippen LogP contribution in [-0.2, 0) is 16.1 Å². The lowest BCUT2D eigenvalue weighted by atomic mass is 10.4. The molecule has 1 fully saturated rings. The number of nitrogens with two attached hydrogens (primary N) is 1. The molecule has 0 bridgehead atoms. The second-order valence-corrected chi connectivity index (χ2v) is 4.12. The van der Waals surface area contributed by atoms with Gasteiger partial charge in [-0.1, -0.05) is 0 Å². The first-order chi connectivity index (χ1) is 8.10. The standard InChI is InChI=1S/C11H15N3O3/c1-17-11(16)9-4-7(12)5-14(9)6-10(15)13-8-2-3-8/h4-5,8H,2-3,6,12H2,1H3,(H,13,15). The van der Waals surface area contributed by atoms with Gasteiger partial charge in [-0.3, -0.25) is 4.79 Å². The van der Waals surface area contributed by atoms with Crippen LogP contribution in [0.2, 0.25) is 0 Å². The van der Waals surface area contributed by atoms with Crippen LogP contribution in [0.25, 0.3) is 0 Å². The van der Waals surface area contributed by atoms with Crippen LogP contribution in [0.15, 0.2) is 12.3 Å². The Hall–Kier alpha value is -1.98. The SMILES string of the molecule is COC(=O)c1cc(N)cn1CC(=O)NC1CC1. The van der Waals surface area contributed by atoms with Crippen LogP contribution in [0, 0.1) is 0 Å². The molecule has 1 aliphatic rings. The number of anilines is 1. The third kappa shape index (κ3) is 2.77. The number of nitrogens with one attached hydrogen (secondary N) is 1. The lowest BCUT2D eigenvalue weighted by Gasteiger charge is -2.07. The molecule has 1 amide bonds. The summed E-state index contributed by atoms with van der Waals surface area (Å²) in [5.41, 5.74) is 6.32. The highest BCUT2D eigenvalue weighted by atomic mass is 16.5. The number of ether oxygens (including phenoxy) is 1. The molecule has 92 valence electrons. The maximum absolute atomic E-state index is 11.6. The summed E-state index contributed by atoms with van der Waals surface area (Å²) in [4.78, 5) is 23.0. The second kappa shape index (κ2) is 4.48. The van der Waals surface area contributed by atoms with E-state index in [4.69, 9.17) is 5.73 Å². The quantitative estimate of drug-likeness (QED) is 0.729. The summed E-state index contributed by atoms with van der Waals surface area (Å²) in [5, 5.41) is 2.84. The van der Waals surface area contributed by atoms with E-state index in [2.05, 4.69) is 10.1 Å². The number of carbonyl (C=O) groups excluding carboxylic acids is 2. The van der Waals surface area contributed by atoms with Crippen molar-refractivity contribution < 1.29 is 14.3 Å². The molecule has 1 aliphatic carbocycles. The van der Waals surface area contributed by atoms with Gasteiger partial charge in [0.15, 0.2) is 0 Å². The van der Waals surface area contributed by atoms with Crippen LogP contribution < -0.4 is 11.1 Å². The van der Waals surface area contributed by atoms with Gasteiger partial charge in [0.25, 0.3) is 0 Å². The van der Waals surface area contributed by atoms with Crippen molar-refractivity contribution in [2.75, 3.05) is 12.8 Å². The zero-order chi connectivity index (χ0) is 12.4. The Kier molecular flexibility index (Phi) is 3.03. The number of nitrogen functional groups attached to an aromatic ring is 1. The predicted octanol–water partition coefficient (Wildman–Crippen LogP) is 0.136. The van der Waals surface area contributed by atoms with E-state index >= 15 is 0 Å². The van der Waals surface area contributed by atoms with Gasteiger partial charge in [0.05, 0.1) is 12.8 Å². The topological polar surface area (TPSA) is 86.3 Å². The van der Waals surface area contributed by atoms with E-state index < -0.39 is 5.97 Å². The van der Waals surface area contributed by atoms with Gasteiger partial charge < -0.3 is 20.4 Å². The summed E-state index contributed by atoms with van der Waals surface area (Å²) in [5.74, 6) is -0.617. The van der Waals surface area contributed by atoms with Crippen LogP contribution >= 0.6 is 0 Å². The summed E-state index contributed by atoms with van der Waals surface area (Å²) >= 11 is 0. The lowest BCUT2D eigenvalue weighted by Crippen LogP contribution is -2.30. The summed E-state index contributed by atoms with van der Waals surface area (Å²) in [6, 6.07) is 1.80. The highest BCUT2D eigenvalue weighted by Gasteiger charge is 2.24. The van der Waals surface area contributed by atoms with Crippen LogP contribution in [0.4, 0.5) is 5.69 Å². The molecule has 1 aromatic heterocycles. The monoisotopic (exact) mass is 237 g/mol. The Labute approximate surface area is 98.7 Å². The maximum Gasteiger partial charge on any atom is 0.354 e. The summed E-state index contributed by atoms with van der Waals surface area (Å²) in [6.45, 7) is 0.0815. The van der Waals surface area contributed by atoms with Crippen molar-refractivity contribution in [2.45, 2.75) is 25.4 Å². The number of nitrogens with zero attached hydrogens (tertiary/aromatic N) is 1. The normalized spacial score (nSPS) is 14.4. The van der Waals surface area contributed by atoms with Crippen molar-refractivity contribution in [3.63, 3.8) is 0 Å². The van der Waals surface area contributed by atoms with Crippen LogP contribution in [-0.4, -0.2) is 29.6 Å². The van der Waals surface area contributed by atoms with Gasteiger partial charge in [-0.25, -0.2) is 4.79 Å². The van der Waals surface area contributed by atoms with Crippen LogP contribution in [0.5, 0.6) is 0 Å². The molecule has 1 aromatic rings. The Morgan fingerprint density at radius 3 is 2.88 bits per heavy atom. The smallest absolute Gasteiger partial charge is 0.354 e. The maximum atomic E-state index is 11.6. The molecule has 0 aromatic carbocycles. The van der Waals surface area contributed by atoms with Crippen molar-refractivity contribution in [1.82, 2.24) is 9.88 Å². The Balaban J connectivity index is 2.07. The Morgan fingerprint density at radius 1 is 1.59 bits per heavy atom. The molecule has 2 rings (SSSR count). The van der Waals surface area contributed by atoms with Crippen molar-refractivity contribution in [3.05, 3.63) is 18.0 Å². The van der Waals surface area contributed by atoms with Crippen molar-refractivity contribution in [3.8, 4) is 0 Å². The molecule has 0 spiro atoms. The summed E-state index contributed by atoms with van der Waals surface area (Å²) in [7, 11) is 1.29. The number of esters is 1. The van der Waals surface area contributed by atoms with Gasteiger partial charge >= 0.3 is 5.97 Å². The Morgan fingerprint density at radius 2 is 2.29 bits per heavy atom. The van der Waals surface area contributed by atoms with E-state index in [0.717, 1.165) is 12.8 Å². The third-order valence-corrected chi connectivity index (χ3v) is 2.57. The minimum Gasteiger partial charge on any atom is -0.464 e. The molecule has 17 heavy (non-hydrogen) atoms. The zero-order valence-corrected chi connectivity index (χ0v) is 9.60. The molecule has 0 saturated heterocycles. The van der Waals surface area contributed by atoms with E-state index in [0.29, 0.717) is 11.7 Å². The number of methoxy groups -OCH3 is 1. The summed E-state index contributed by atoms with van der Waals surface area (Å²) < 4.78 is 6.12. The minimum absolute atomic E-state index is 0.0815. The first-order valence-electron chi connectivity index (χ1n) is 5.43. The molecule has 0 aliphatic heterocycles. The van der Waals surface area contributed by atoms with Gasteiger partial charge in [-0.2, -0.15) is 0 Å². The molecule has 1 heterocycles. The number of amides is 1. The van der Waals surface area contributed by atoms with Gasteiger partial charge in [0.1, 0.15) is 12.2 Å². The fourth-order valence-corrected chi connectivity index (χ4v) is 1.59. The fourth-order valence-electron chi connectivity index (χ4n) is 1.59. The van der Waals surface area contributed by atoms with Crippen molar-refractivity contribution >= 4 is 17.6 Å². The molecular formula is C11H15N3O3. The number of hydrogen-bond acceptors (Lipinski definition) is 4. The third-order valence-electron chi connectivity index (χ3n) is 2.57. The largest absolute Gasteiger partial charge is 0.464 e. The first kappa shape index (κ1) is 11.5. The van der Waals surface area contributed by atoms with Crippen molar-refractivity contribution in [1.29, 1.82) is 0 Å². The molecule has 0 atom stereocenters. The number of hydrogen-bond donors (Lipinski definition) is 2. The van der Waals surface area contributed by atoms with Crippen LogP contribution in [0.1, 0.15) is 23.3 Å². The van der Waals surface area contributed by atoms with E-state index in [1.54, 1.807) is 6.20 Å². The molecule has 0 unspecified atom stereocenters. The first-order valence-corrected chi connectivity index (χ1v) is 5.43. The van der Waals surface area contributed by atoms with Gasteiger partial charge in [-0.05, 0) is 18.9 Å². The molecule has 0 radical (unpaired) electrons. The number of carbonyl (C=O) groups is 2.